The quantitative estimate of drug-likeness (QED) is 0.267. The molecule has 6 nitrogen and oxygen atoms in total. The number of ether oxygens (including phenoxy) is 1. The monoisotopic (exact) mass is 552 g/mol. The normalized spacial score (nSPS) is 13.4. The van der Waals surface area contributed by atoms with Gasteiger partial charge in [0.2, 0.25) is 0 Å². The maximum Gasteiger partial charge on any atom is 0.416 e. The first kappa shape index (κ1) is 26.4. The molecule has 1 heterocycles. The number of halogens is 3. The first-order valence-electron chi connectivity index (χ1n) is 12.1. The van der Waals surface area contributed by atoms with Crippen molar-refractivity contribution in [1.82, 2.24) is 10.3 Å². The largest absolute Gasteiger partial charge is 0.480 e. The van der Waals surface area contributed by atoms with Crippen molar-refractivity contribution in [3.63, 3.8) is 0 Å². The van der Waals surface area contributed by atoms with E-state index in [0.29, 0.717) is 21.1 Å². The molecule has 0 spiro atoms. The molecule has 1 amide bonds. The molecule has 5 rings (SSSR count). The second-order valence-electron chi connectivity index (χ2n) is 9.17. The zero-order valence-electron chi connectivity index (χ0n) is 20.7. The topological polar surface area (TPSA) is 88.5 Å². The van der Waals surface area contributed by atoms with Crippen molar-refractivity contribution in [3.05, 3.63) is 100 Å². The maximum absolute atomic E-state index is 12.9. The average molecular weight is 553 g/mol. The number of carboxylic acid groups (broad SMARTS) is 1. The van der Waals surface area contributed by atoms with Gasteiger partial charge in [-0.3, -0.25) is 0 Å². The van der Waals surface area contributed by atoms with Crippen LogP contribution in [-0.4, -0.2) is 34.8 Å². The highest BCUT2D eigenvalue weighted by Gasteiger charge is 2.31. The van der Waals surface area contributed by atoms with Gasteiger partial charge in [0.25, 0.3) is 0 Å². The molecule has 3 aromatic carbocycles. The van der Waals surface area contributed by atoms with Gasteiger partial charge in [-0.15, -0.1) is 11.3 Å². The average Bonchev–Trinajstić information content (AvgIpc) is 3.44. The smallest absolute Gasteiger partial charge is 0.416 e. The summed E-state index contributed by atoms with van der Waals surface area (Å²) in [5, 5.41) is 12.6. The molecule has 0 bridgehead atoms. The van der Waals surface area contributed by atoms with E-state index in [1.807, 2.05) is 48.5 Å². The van der Waals surface area contributed by atoms with E-state index in [1.165, 1.54) is 23.5 Å². The lowest BCUT2D eigenvalue weighted by molar-refractivity contribution is -0.139. The molecule has 1 aliphatic carbocycles. The Bertz CT molecular complexity index is 1490. The number of nitrogens with one attached hydrogen (secondary N) is 1. The minimum absolute atomic E-state index is 0.0455. The third kappa shape index (κ3) is 5.51. The number of carbonyl (C=O) groups is 2. The van der Waals surface area contributed by atoms with E-state index in [-0.39, 0.29) is 18.9 Å². The van der Waals surface area contributed by atoms with Crippen molar-refractivity contribution in [2.45, 2.75) is 31.5 Å². The molecule has 0 aliphatic heterocycles. The number of nitrogens with zero attached hydrogens (tertiary/aromatic N) is 1. The highest BCUT2D eigenvalue weighted by atomic mass is 32.1. The molecular weight excluding hydrogens is 529 g/mol. The van der Waals surface area contributed by atoms with Crippen LogP contribution >= 0.6 is 11.3 Å². The van der Waals surface area contributed by atoms with E-state index in [1.54, 1.807) is 6.92 Å². The first-order chi connectivity index (χ1) is 18.6. The lowest BCUT2D eigenvalue weighted by Crippen LogP contribution is -2.42. The molecular formula is C29H23F3N2O4S. The summed E-state index contributed by atoms with van der Waals surface area (Å²) in [6.07, 6.45) is -5.35. The van der Waals surface area contributed by atoms with Crippen molar-refractivity contribution in [1.29, 1.82) is 0 Å². The standard InChI is InChI=1S/C29H23F3N2O4S/c1-16-25(39-26(33-16)17-10-12-18(13-11-17)29(30,31)32)14-24(27(35)36)34-28(37)38-15-23-21-8-4-2-6-19(21)20-7-3-5-9-22(20)23/h2-13,23-24H,14-15H2,1H3,(H,34,37)(H,35,36). The fourth-order valence-corrected chi connectivity index (χ4v) is 5.82. The highest BCUT2D eigenvalue weighted by molar-refractivity contribution is 7.15. The van der Waals surface area contributed by atoms with Crippen LogP contribution in [0.1, 0.15) is 33.2 Å². The number of benzene rings is 3. The van der Waals surface area contributed by atoms with E-state index < -0.39 is 29.8 Å². The number of carbonyl (C=O) groups excluding carboxylic acids is 1. The van der Waals surface area contributed by atoms with Crippen molar-refractivity contribution in [3.8, 4) is 21.7 Å². The summed E-state index contributed by atoms with van der Waals surface area (Å²) in [4.78, 5) is 29.6. The number of carboxylic acids is 1. The van der Waals surface area contributed by atoms with Crippen molar-refractivity contribution < 1.29 is 32.6 Å². The SMILES string of the molecule is Cc1nc(-c2ccc(C(F)(F)F)cc2)sc1CC(NC(=O)OCC1c2ccccc2-c2ccccc21)C(=O)O. The summed E-state index contributed by atoms with van der Waals surface area (Å²) in [6, 6.07) is 19.1. The van der Waals surface area contributed by atoms with E-state index in [0.717, 1.165) is 34.4 Å². The van der Waals surface area contributed by atoms with Crippen LogP contribution in [0.15, 0.2) is 72.8 Å². The van der Waals surface area contributed by atoms with Crippen LogP contribution in [0, 0.1) is 6.92 Å². The minimum atomic E-state index is -4.44. The second-order valence-corrected chi connectivity index (χ2v) is 10.3. The van der Waals surface area contributed by atoms with Gasteiger partial charge in [-0.25, -0.2) is 14.6 Å². The molecule has 0 radical (unpaired) electrons. The van der Waals surface area contributed by atoms with Gasteiger partial charge in [0.05, 0.1) is 11.3 Å². The Kier molecular flexibility index (Phi) is 7.14. The summed E-state index contributed by atoms with van der Waals surface area (Å²) in [7, 11) is 0. The minimum Gasteiger partial charge on any atom is -0.480 e. The Morgan fingerprint density at radius 2 is 1.59 bits per heavy atom. The number of aromatic nitrogens is 1. The zero-order valence-corrected chi connectivity index (χ0v) is 21.5. The van der Waals surface area contributed by atoms with Gasteiger partial charge in [-0.1, -0.05) is 60.7 Å². The number of alkyl carbamates (subject to hydrolysis) is 1. The van der Waals surface area contributed by atoms with E-state index >= 15 is 0 Å². The first-order valence-corrected chi connectivity index (χ1v) is 12.9. The molecule has 4 aromatic rings. The third-order valence-corrected chi connectivity index (χ3v) is 7.90. The van der Waals surface area contributed by atoms with Crippen LogP contribution in [0.3, 0.4) is 0 Å². The maximum atomic E-state index is 12.9. The summed E-state index contributed by atoms with van der Waals surface area (Å²) in [5.41, 5.74) is 4.49. The van der Waals surface area contributed by atoms with Crippen LogP contribution < -0.4 is 5.32 Å². The number of hydrogen-bond donors (Lipinski definition) is 2. The Hall–Kier alpha value is -4.18. The highest BCUT2D eigenvalue weighted by Crippen LogP contribution is 2.44. The number of rotatable bonds is 7. The van der Waals surface area contributed by atoms with E-state index in [2.05, 4.69) is 10.3 Å². The molecule has 1 aliphatic rings. The lowest BCUT2D eigenvalue weighted by atomic mass is 9.98. The lowest BCUT2D eigenvalue weighted by Gasteiger charge is -2.17. The fraction of sp³-hybridized carbons (Fsp3) is 0.207. The number of aliphatic carboxylic acids is 1. The number of aryl methyl sites for hydroxylation is 1. The Morgan fingerprint density at radius 1 is 1.00 bits per heavy atom. The molecule has 0 fully saturated rings. The van der Waals surface area contributed by atoms with Crippen LogP contribution in [0.2, 0.25) is 0 Å². The van der Waals surface area contributed by atoms with E-state index in [9.17, 15) is 27.9 Å². The van der Waals surface area contributed by atoms with Gasteiger partial charge in [-0.2, -0.15) is 13.2 Å². The molecule has 1 atom stereocenters. The number of fused-ring (bicyclic) bond motifs is 3. The Balaban J connectivity index is 1.25. The van der Waals surface area contributed by atoms with Gasteiger partial charge in [0.15, 0.2) is 0 Å². The molecule has 0 saturated heterocycles. The summed E-state index contributed by atoms with van der Waals surface area (Å²) < 4.78 is 44.1. The molecule has 2 N–H and O–H groups in total. The van der Waals surface area contributed by atoms with Gasteiger partial charge < -0.3 is 15.2 Å². The van der Waals surface area contributed by atoms with Gasteiger partial charge in [0, 0.05) is 22.8 Å². The van der Waals surface area contributed by atoms with Crippen molar-refractivity contribution >= 4 is 23.4 Å². The summed E-state index contributed by atoms with van der Waals surface area (Å²) in [6.45, 7) is 1.73. The predicted molar refractivity (Wildman–Crippen MR) is 141 cm³/mol. The predicted octanol–water partition coefficient (Wildman–Crippen LogP) is 6.67. The second kappa shape index (κ2) is 10.5. The number of amides is 1. The van der Waals surface area contributed by atoms with Crippen LogP contribution in [0.25, 0.3) is 21.7 Å². The van der Waals surface area contributed by atoms with Crippen LogP contribution in [0.5, 0.6) is 0 Å². The molecule has 39 heavy (non-hydrogen) atoms. The summed E-state index contributed by atoms with van der Waals surface area (Å²) in [5.74, 6) is -1.41. The molecule has 1 unspecified atom stereocenters. The molecule has 200 valence electrons. The Morgan fingerprint density at radius 3 is 2.15 bits per heavy atom. The van der Waals surface area contributed by atoms with Gasteiger partial charge >= 0.3 is 18.2 Å². The number of alkyl halides is 3. The van der Waals surface area contributed by atoms with Gasteiger partial charge in [0.1, 0.15) is 17.7 Å². The van der Waals surface area contributed by atoms with E-state index in [4.69, 9.17) is 4.74 Å². The fourth-order valence-electron chi connectivity index (χ4n) is 4.71. The van der Waals surface area contributed by atoms with Crippen LogP contribution in [-0.2, 0) is 22.1 Å². The van der Waals surface area contributed by atoms with Crippen molar-refractivity contribution in [2.75, 3.05) is 6.61 Å². The van der Waals surface area contributed by atoms with Crippen LogP contribution in [0.4, 0.5) is 18.0 Å². The third-order valence-electron chi connectivity index (χ3n) is 6.68. The van der Waals surface area contributed by atoms with Gasteiger partial charge in [-0.05, 0) is 41.3 Å². The molecule has 0 saturated carbocycles. The zero-order chi connectivity index (χ0) is 27.7. The summed E-state index contributed by atoms with van der Waals surface area (Å²) >= 11 is 1.17. The molecule has 1 aromatic heterocycles. The number of thiazole rings is 1. The molecule has 10 heteroatoms. The Labute approximate surface area is 226 Å². The number of hydrogen-bond acceptors (Lipinski definition) is 5. The van der Waals surface area contributed by atoms with Crippen molar-refractivity contribution in [2.24, 2.45) is 0 Å².